The predicted molar refractivity (Wildman–Crippen MR) is 137 cm³/mol. The van der Waals surface area contributed by atoms with Gasteiger partial charge in [-0.05, 0) is 28.1 Å². The topological polar surface area (TPSA) is 112 Å². The highest BCUT2D eigenvalue weighted by molar-refractivity contribution is 9.10. The van der Waals surface area contributed by atoms with Gasteiger partial charge in [-0.15, -0.1) is 0 Å². The van der Waals surface area contributed by atoms with Crippen LogP contribution in [0.5, 0.6) is 11.5 Å². The number of fused-ring (bicyclic) bond motifs is 2. The number of hydrogen-bond acceptors (Lipinski definition) is 9. The second-order valence-electron chi connectivity index (χ2n) is 9.60. The van der Waals surface area contributed by atoms with Crippen molar-refractivity contribution < 1.29 is 14.3 Å². The minimum atomic E-state index is -0.355. The number of nitrogens with zero attached hydrogens (tertiary/aromatic N) is 6. The van der Waals surface area contributed by atoms with Crippen LogP contribution in [0.15, 0.2) is 33.0 Å². The Hall–Kier alpha value is -2.57. The van der Waals surface area contributed by atoms with Crippen LogP contribution in [0.1, 0.15) is 20.8 Å². The highest BCUT2D eigenvalue weighted by Gasteiger charge is 2.30. The molecule has 0 aliphatic carbocycles. The summed E-state index contributed by atoms with van der Waals surface area (Å²) in [5.41, 5.74) is 7.07. The van der Waals surface area contributed by atoms with E-state index in [1.54, 1.807) is 0 Å². The molecule has 0 radical (unpaired) electrons. The second kappa shape index (κ2) is 9.47. The molecule has 1 fully saturated rings. The number of nitrogen functional groups attached to an aromatic ring is 1. The molecule has 0 unspecified atom stereocenters. The molecule has 2 N–H and O–H groups in total. The van der Waals surface area contributed by atoms with E-state index in [1.807, 2.05) is 37.8 Å². The largest absolute Gasteiger partial charge is 0.454 e. The Morgan fingerprint density at radius 3 is 2.54 bits per heavy atom. The number of carbonyl (C=O) groups excluding carboxylic acids is 1. The quantitative estimate of drug-likeness (QED) is 0.501. The van der Waals surface area contributed by atoms with Gasteiger partial charge in [0.1, 0.15) is 6.33 Å². The molecule has 5 rings (SSSR count). The van der Waals surface area contributed by atoms with Crippen LogP contribution in [0.2, 0.25) is 0 Å². The minimum Gasteiger partial charge on any atom is -0.454 e. The summed E-state index contributed by atoms with van der Waals surface area (Å²) in [6.45, 7) is 10.8. The third-order valence-electron chi connectivity index (χ3n) is 6.09. The number of imidazole rings is 1. The normalized spacial score (nSPS) is 16.3. The lowest BCUT2D eigenvalue weighted by Crippen LogP contribution is -2.52. The van der Waals surface area contributed by atoms with Gasteiger partial charge in [0.2, 0.25) is 12.7 Å². The summed E-state index contributed by atoms with van der Waals surface area (Å²) in [4.78, 5) is 31.3. The molecular weight excluding hydrogens is 534 g/mol. The zero-order chi connectivity index (χ0) is 24.7. The number of benzene rings is 1. The number of halogens is 1. The Labute approximate surface area is 216 Å². The van der Waals surface area contributed by atoms with Crippen molar-refractivity contribution in [1.82, 2.24) is 29.3 Å². The number of piperazine rings is 1. The Morgan fingerprint density at radius 2 is 1.83 bits per heavy atom. The summed E-state index contributed by atoms with van der Waals surface area (Å²) in [6.07, 6.45) is 1.47. The molecule has 0 atom stereocenters. The lowest BCUT2D eigenvalue weighted by Gasteiger charge is -2.37. The molecule has 12 heteroatoms. The molecule has 0 spiro atoms. The van der Waals surface area contributed by atoms with E-state index in [2.05, 4.69) is 35.4 Å². The van der Waals surface area contributed by atoms with Crippen molar-refractivity contribution in [1.29, 1.82) is 0 Å². The summed E-state index contributed by atoms with van der Waals surface area (Å²) in [5, 5.41) is 0.772. The van der Waals surface area contributed by atoms with Crippen molar-refractivity contribution in [2.24, 2.45) is 5.41 Å². The third-order valence-corrected chi connectivity index (χ3v) is 8.07. The van der Waals surface area contributed by atoms with Crippen molar-refractivity contribution >= 4 is 50.6 Å². The Balaban J connectivity index is 1.34. The summed E-state index contributed by atoms with van der Waals surface area (Å²) in [7, 11) is 0. The van der Waals surface area contributed by atoms with Crippen LogP contribution < -0.4 is 15.2 Å². The fourth-order valence-corrected chi connectivity index (χ4v) is 5.69. The van der Waals surface area contributed by atoms with Crippen molar-refractivity contribution in [2.75, 3.05) is 45.3 Å². The van der Waals surface area contributed by atoms with E-state index < -0.39 is 0 Å². The average molecular weight is 562 g/mol. The fourth-order valence-electron chi connectivity index (χ4n) is 4.18. The van der Waals surface area contributed by atoms with Crippen LogP contribution in [-0.4, -0.2) is 74.7 Å². The fraction of sp³-hybridized carbons (Fsp3) is 0.478. The van der Waals surface area contributed by atoms with Crippen LogP contribution in [0.3, 0.4) is 0 Å². The van der Waals surface area contributed by atoms with Crippen molar-refractivity contribution in [3.8, 4) is 11.5 Å². The molecule has 186 valence electrons. The molecule has 3 aromatic rings. The minimum absolute atomic E-state index is 0.206. The van der Waals surface area contributed by atoms with E-state index in [0.29, 0.717) is 35.0 Å². The number of nitrogens with two attached hydrogens (primary N) is 1. The number of ether oxygens (including phenoxy) is 2. The number of amides is 1. The van der Waals surface area contributed by atoms with E-state index in [0.717, 1.165) is 47.2 Å². The van der Waals surface area contributed by atoms with Crippen molar-refractivity contribution in [2.45, 2.75) is 37.4 Å². The summed E-state index contributed by atoms with van der Waals surface area (Å²) >= 11 is 5.15. The molecule has 0 bridgehead atoms. The molecule has 35 heavy (non-hydrogen) atoms. The first kappa shape index (κ1) is 24.1. The number of hydrogen-bond donors (Lipinski definition) is 1. The summed E-state index contributed by atoms with van der Waals surface area (Å²) in [6, 6.07) is 3.85. The van der Waals surface area contributed by atoms with Gasteiger partial charge in [0, 0.05) is 54.1 Å². The van der Waals surface area contributed by atoms with E-state index >= 15 is 0 Å². The SMILES string of the molecule is CC(C)(C)C(=O)N1CCN(CCn2c(Sc3cc4c(cc3Br)OCO4)nc3c(N)ncnc32)CC1. The average Bonchev–Trinajstić information content (AvgIpc) is 3.42. The first-order valence-electron chi connectivity index (χ1n) is 11.5. The van der Waals surface area contributed by atoms with E-state index in [4.69, 9.17) is 20.2 Å². The Morgan fingerprint density at radius 1 is 1.11 bits per heavy atom. The smallest absolute Gasteiger partial charge is 0.231 e. The Bertz CT molecular complexity index is 1270. The van der Waals surface area contributed by atoms with Crippen molar-refractivity contribution in [3.05, 3.63) is 22.9 Å². The molecular formula is C23H28BrN7O3S. The molecule has 1 amide bonds. The van der Waals surface area contributed by atoms with Gasteiger partial charge in [0.05, 0.1) is 0 Å². The van der Waals surface area contributed by atoms with E-state index in [1.165, 1.54) is 18.1 Å². The molecule has 2 aliphatic rings. The maximum absolute atomic E-state index is 12.6. The first-order valence-corrected chi connectivity index (χ1v) is 13.1. The Kier molecular flexibility index (Phi) is 6.53. The number of anilines is 1. The van der Waals surface area contributed by atoms with E-state index in [-0.39, 0.29) is 18.1 Å². The van der Waals surface area contributed by atoms with E-state index in [9.17, 15) is 4.79 Å². The van der Waals surface area contributed by atoms with Gasteiger partial charge in [0.25, 0.3) is 0 Å². The van der Waals surface area contributed by atoms with Crippen LogP contribution in [-0.2, 0) is 11.3 Å². The van der Waals surface area contributed by atoms with Crippen molar-refractivity contribution in [3.63, 3.8) is 0 Å². The van der Waals surface area contributed by atoms with Gasteiger partial charge >= 0.3 is 0 Å². The highest BCUT2D eigenvalue weighted by Crippen LogP contribution is 2.43. The zero-order valence-electron chi connectivity index (χ0n) is 20.0. The van der Waals surface area contributed by atoms with Crippen LogP contribution in [0.25, 0.3) is 11.2 Å². The molecule has 2 aliphatic heterocycles. The molecule has 10 nitrogen and oxygen atoms in total. The first-order chi connectivity index (χ1) is 16.7. The summed E-state index contributed by atoms with van der Waals surface area (Å²) in [5.74, 6) is 1.99. The monoisotopic (exact) mass is 561 g/mol. The van der Waals surface area contributed by atoms with Gasteiger partial charge in [-0.3, -0.25) is 9.69 Å². The summed E-state index contributed by atoms with van der Waals surface area (Å²) < 4.78 is 14.0. The van der Waals surface area contributed by atoms with Crippen LogP contribution >= 0.6 is 27.7 Å². The highest BCUT2D eigenvalue weighted by atomic mass is 79.9. The molecule has 1 saturated heterocycles. The number of carbonyl (C=O) groups is 1. The maximum atomic E-state index is 12.6. The molecule has 0 saturated carbocycles. The number of aromatic nitrogens is 4. The van der Waals surface area contributed by atoms with Crippen LogP contribution in [0.4, 0.5) is 5.82 Å². The molecule has 4 heterocycles. The molecule has 1 aromatic carbocycles. The lowest BCUT2D eigenvalue weighted by atomic mass is 9.94. The second-order valence-corrected chi connectivity index (χ2v) is 11.5. The predicted octanol–water partition coefficient (Wildman–Crippen LogP) is 3.24. The van der Waals surface area contributed by atoms with Crippen LogP contribution in [0, 0.1) is 5.41 Å². The lowest BCUT2D eigenvalue weighted by molar-refractivity contribution is -0.141. The van der Waals surface area contributed by atoms with Gasteiger partial charge in [-0.2, -0.15) is 0 Å². The third kappa shape index (κ3) is 4.91. The maximum Gasteiger partial charge on any atom is 0.231 e. The van der Waals surface area contributed by atoms with Gasteiger partial charge in [-0.25, -0.2) is 15.0 Å². The van der Waals surface area contributed by atoms with Gasteiger partial charge in [0.15, 0.2) is 33.6 Å². The van der Waals surface area contributed by atoms with Gasteiger partial charge in [-0.1, -0.05) is 32.5 Å². The standard InChI is InChI=1S/C23H28BrN7O3S/c1-23(2,3)21(32)30-7-4-29(5-8-30)6-9-31-20-18(19(25)26-12-27-20)28-22(31)35-17-11-16-15(10-14(17)24)33-13-34-16/h10-12H,4-9,13H2,1-3H3,(H2,25,26,27). The molecule has 2 aromatic heterocycles. The van der Waals surface area contributed by atoms with Gasteiger partial charge < -0.3 is 24.7 Å². The number of rotatable bonds is 5. The zero-order valence-corrected chi connectivity index (χ0v) is 22.4.